The van der Waals surface area contributed by atoms with Crippen LogP contribution in [0.1, 0.15) is 6.92 Å². The summed E-state index contributed by atoms with van der Waals surface area (Å²) in [6.45, 7) is 4.67. The second-order valence-corrected chi connectivity index (χ2v) is 6.57. The molecule has 1 heterocycles. The number of rotatable bonds is 7. The molecule has 0 aromatic carbocycles. The fraction of sp³-hybridized carbons (Fsp3) is 0.583. The van der Waals surface area contributed by atoms with Crippen molar-refractivity contribution in [2.45, 2.75) is 11.8 Å². The monoisotopic (exact) mass is 286 g/mol. The van der Waals surface area contributed by atoms with E-state index >= 15 is 0 Å². The average Bonchev–Trinajstić information content (AvgIpc) is 2.39. The Labute approximate surface area is 115 Å². The molecule has 1 aromatic rings. The number of likely N-dealkylation sites (N-methyl/N-ethyl adjacent to an activating group) is 2. The SMILES string of the molecule is CCNCCN(C)c1ccc(S(=O)(=O)N(C)C)cn1. The summed E-state index contributed by atoms with van der Waals surface area (Å²) >= 11 is 0. The molecule has 0 spiro atoms. The van der Waals surface area contributed by atoms with Gasteiger partial charge in [-0.2, -0.15) is 0 Å². The highest BCUT2D eigenvalue weighted by Gasteiger charge is 2.17. The normalized spacial score (nSPS) is 11.8. The number of sulfonamides is 1. The van der Waals surface area contributed by atoms with Crippen molar-refractivity contribution in [1.82, 2.24) is 14.6 Å². The zero-order valence-electron chi connectivity index (χ0n) is 11.9. The van der Waals surface area contributed by atoms with Crippen LogP contribution in [-0.2, 0) is 10.0 Å². The Morgan fingerprint density at radius 1 is 1.26 bits per heavy atom. The first-order valence-corrected chi connectivity index (χ1v) is 7.64. The van der Waals surface area contributed by atoms with Gasteiger partial charge in [-0.1, -0.05) is 6.92 Å². The fourth-order valence-electron chi connectivity index (χ4n) is 1.50. The highest BCUT2D eigenvalue weighted by Crippen LogP contribution is 2.15. The van der Waals surface area contributed by atoms with E-state index in [1.807, 2.05) is 11.9 Å². The first-order valence-electron chi connectivity index (χ1n) is 6.20. The van der Waals surface area contributed by atoms with Crippen LogP contribution in [0.15, 0.2) is 23.2 Å². The lowest BCUT2D eigenvalue weighted by molar-refractivity contribution is 0.520. The summed E-state index contributed by atoms with van der Waals surface area (Å²) in [5.41, 5.74) is 0. The van der Waals surface area contributed by atoms with Crippen molar-refractivity contribution >= 4 is 15.8 Å². The number of nitrogens with one attached hydrogen (secondary N) is 1. The van der Waals surface area contributed by atoms with Gasteiger partial charge in [0.2, 0.25) is 10.0 Å². The zero-order chi connectivity index (χ0) is 14.5. The molecule has 0 bridgehead atoms. The molecule has 0 aliphatic heterocycles. The molecule has 108 valence electrons. The molecule has 1 rings (SSSR count). The van der Waals surface area contributed by atoms with E-state index in [0.717, 1.165) is 25.5 Å². The average molecular weight is 286 g/mol. The van der Waals surface area contributed by atoms with Crippen molar-refractivity contribution < 1.29 is 8.42 Å². The molecule has 0 aliphatic carbocycles. The van der Waals surface area contributed by atoms with Gasteiger partial charge in [-0.25, -0.2) is 17.7 Å². The van der Waals surface area contributed by atoms with Gasteiger partial charge in [-0.05, 0) is 18.7 Å². The Morgan fingerprint density at radius 3 is 2.42 bits per heavy atom. The van der Waals surface area contributed by atoms with E-state index in [1.165, 1.54) is 24.6 Å². The first kappa shape index (κ1) is 15.9. The summed E-state index contributed by atoms with van der Waals surface area (Å²) in [5.74, 6) is 0.760. The number of pyridine rings is 1. The van der Waals surface area contributed by atoms with Gasteiger partial charge in [0.1, 0.15) is 10.7 Å². The van der Waals surface area contributed by atoms with Crippen molar-refractivity contribution in [3.05, 3.63) is 18.3 Å². The van der Waals surface area contributed by atoms with Crippen LogP contribution in [0.5, 0.6) is 0 Å². The van der Waals surface area contributed by atoms with Crippen LogP contribution < -0.4 is 10.2 Å². The predicted molar refractivity (Wildman–Crippen MR) is 76.9 cm³/mol. The molecular formula is C12H22N4O2S. The van der Waals surface area contributed by atoms with E-state index < -0.39 is 10.0 Å². The largest absolute Gasteiger partial charge is 0.358 e. The van der Waals surface area contributed by atoms with E-state index in [-0.39, 0.29) is 4.90 Å². The third-order valence-electron chi connectivity index (χ3n) is 2.76. The van der Waals surface area contributed by atoms with Crippen LogP contribution in [0.2, 0.25) is 0 Å². The van der Waals surface area contributed by atoms with Gasteiger partial charge in [0.15, 0.2) is 0 Å². The molecule has 7 heteroatoms. The Balaban J connectivity index is 2.77. The summed E-state index contributed by atoms with van der Waals surface area (Å²) < 4.78 is 25.0. The van der Waals surface area contributed by atoms with Crippen LogP contribution in [0, 0.1) is 0 Å². The maximum atomic E-state index is 11.9. The van der Waals surface area contributed by atoms with Gasteiger partial charge >= 0.3 is 0 Å². The summed E-state index contributed by atoms with van der Waals surface area (Å²) in [6.07, 6.45) is 1.40. The van der Waals surface area contributed by atoms with E-state index in [0.29, 0.717) is 0 Å². The van der Waals surface area contributed by atoms with Crippen molar-refractivity contribution in [2.24, 2.45) is 0 Å². The lowest BCUT2D eigenvalue weighted by Gasteiger charge is -2.18. The van der Waals surface area contributed by atoms with Crippen LogP contribution in [0.4, 0.5) is 5.82 Å². The quantitative estimate of drug-likeness (QED) is 0.734. The zero-order valence-corrected chi connectivity index (χ0v) is 12.7. The smallest absolute Gasteiger partial charge is 0.244 e. The topological polar surface area (TPSA) is 65.5 Å². The highest BCUT2D eigenvalue weighted by molar-refractivity contribution is 7.89. The molecule has 1 aromatic heterocycles. The Hall–Kier alpha value is -1.18. The van der Waals surface area contributed by atoms with E-state index in [9.17, 15) is 8.42 Å². The number of nitrogens with zero attached hydrogens (tertiary/aromatic N) is 3. The van der Waals surface area contributed by atoms with Crippen molar-refractivity contribution in [1.29, 1.82) is 0 Å². The van der Waals surface area contributed by atoms with Gasteiger partial charge in [0.05, 0.1) is 0 Å². The molecule has 0 amide bonds. The third-order valence-corrected chi connectivity index (χ3v) is 4.56. The Bertz CT molecular complexity index is 485. The van der Waals surface area contributed by atoms with Gasteiger partial charge in [0.25, 0.3) is 0 Å². The number of hydrogen-bond donors (Lipinski definition) is 1. The van der Waals surface area contributed by atoms with Crippen LogP contribution in [0.25, 0.3) is 0 Å². The minimum absolute atomic E-state index is 0.210. The molecule has 0 saturated heterocycles. The molecule has 0 fully saturated rings. The Morgan fingerprint density at radius 2 is 1.95 bits per heavy atom. The molecular weight excluding hydrogens is 264 g/mol. The Kier molecular flexibility index (Phi) is 5.71. The van der Waals surface area contributed by atoms with E-state index in [2.05, 4.69) is 17.2 Å². The minimum Gasteiger partial charge on any atom is -0.358 e. The molecule has 0 aliphatic rings. The third kappa shape index (κ3) is 4.15. The summed E-state index contributed by atoms with van der Waals surface area (Å²) in [4.78, 5) is 6.39. The molecule has 0 atom stereocenters. The van der Waals surface area contributed by atoms with E-state index in [4.69, 9.17) is 0 Å². The number of anilines is 1. The number of aromatic nitrogens is 1. The predicted octanol–water partition coefficient (Wildman–Crippen LogP) is 0.378. The fourth-order valence-corrected chi connectivity index (χ4v) is 2.35. The lowest BCUT2D eigenvalue weighted by atomic mass is 10.4. The second-order valence-electron chi connectivity index (χ2n) is 4.41. The molecule has 0 unspecified atom stereocenters. The standard InChI is InChI=1S/C12H22N4O2S/c1-5-13-8-9-16(4)12-7-6-11(10-14-12)19(17,18)15(2)3/h6-7,10,13H,5,8-9H2,1-4H3. The van der Waals surface area contributed by atoms with E-state index in [1.54, 1.807) is 12.1 Å². The van der Waals surface area contributed by atoms with Gasteiger partial charge < -0.3 is 10.2 Å². The summed E-state index contributed by atoms with van der Waals surface area (Å²) in [6, 6.07) is 3.31. The summed E-state index contributed by atoms with van der Waals surface area (Å²) in [7, 11) is 1.54. The van der Waals surface area contributed by atoms with Crippen LogP contribution >= 0.6 is 0 Å². The first-order chi connectivity index (χ1) is 8.89. The maximum Gasteiger partial charge on any atom is 0.244 e. The molecule has 1 N–H and O–H groups in total. The van der Waals surface area contributed by atoms with Gasteiger partial charge in [0, 0.05) is 40.4 Å². The van der Waals surface area contributed by atoms with Crippen molar-refractivity contribution in [3.8, 4) is 0 Å². The maximum absolute atomic E-state index is 11.9. The second kappa shape index (κ2) is 6.83. The molecule has 19 heavy (non-hydrogen) atoms. The summed E-state index contributed by atoms with van der Waals surface area (Å²) in [5, 5.41) is 3.23. The highest BCUT2D eigenvalue weighted by atomic mass is 32.2. The molecule has 0 saturated carbocycles. The lowest BCUT2D eigenvalue weighted by Crippen LogP contribution is -2.29. The van der Waals surface area contributed by atoms with Crippen molar-refractivity contribution in [2.75, 3.05) is 45.7 Å². The molecule has 6 nitrogen and oxygen atoms in total. The van der Waals surface area contributed by atoms with Gasteiger partial charge in [-0.15, -0.1) is 0 Å². The van der Waals surface area contributed by atoms with Crippen LogP contribution in [0.3, 0.4) is 0 Å². The molecule has 0 radical (unpaired) electrons. The van der Waals surface area contributed by atoms with Crippen LogP contribution in [-0.4, -0.2) is 58.5 Å². The number of hydrogen-bond acceptors (Lipinski definition) is 5. The van der Waals surface area contributed by atoms with Gasteiger partial charge in [-0.3, -0.25) is 0 Å². The minimum atomic E-state index is -3.40. The van der Waals surface area contributed by atoms with Crippen molar-refractivity contribution in [3.63, 3.8) is 0 Å².